The van der Waals surface area contributed by atoms with Gasteiger partial charge in [-0.3, -0.25) is 4.72 Å². The van der Waals surface area contributed by atoms with E-state index >= 15 is 0 Å². The predicted molar refractivity (Wildman–Crippen MR) is 152 cm³/mol. The molecule has 0 radical (unpaired) electrons. The Morgan fingerprint density at radius 2 is 1.80 bits per heavy atom. The van der Waals surface area contributed by atoms with Gasteiger partial charge in [-0.1, -0.05) is 43.3 Å². The topological polar surface area (TPSA) is 99.6 Å². The molecule has 0 spiro atoms. The second-order valence-electron chi connectivity index (χ2n) is 10.7. The van der Waals surface area contributed by atoms with Gasteiger partial charge in [-0.15, -0.1) is 0 Å². The maximum absolute atomic E-state index is 14.9. The number of aromatic nitrogens is 2. The van der Waals surface area contributed by atoms with E-state index in [1.165, 1.54) is 31.3 Å². The molecule has 2 aromatic carbocycles. The molecule has 1 saturated heterocycles. The number of fused-ring (bicyclic) bond motifs is 1. The number of ether oxygens (including phenoxy) is 3. The fourth-order valence-corrected chi connectivity index (χ4v) is 5.99. The zero-order chi connectivity index (χ0) is 32.0. The molecule has 1 N–H and O–H groups in total. The summed E-state index contributed by atoms with van der Waals surface area (Å²) in [4.78, 5) is 8.68. The monoisotopic (exact) mass is 637 g/mol. The van der Waals surface area contributed by atoms with E-state index in [-0.39, 0.29) is 40.3 Å². The van der Waals surface area contributed by atoms with Gasteiger partial charge in [0.15, 0.2) is 23.0 Å². The molecule has 3 heterocycles. The molecule has 0 unspecified atom stereocenters. The number of alkyl halides is 3. The van der Waals surface area contributed by atoms with Crippen molar-refractivity contribution in [1.82, 2.24) is 9.97 Å². The van der Waals surface area contributed by atoms with E-state index in [0.29, 0.717) is 0 Å². The standard InChI is InChI=1S/C30H28F5N3O5S/c1-16-23(18-10-11-19(31)25(32)26(18)41-3)27(43-29(16,2)30(33,34)35)21-14-22(42-15-17-8-6-5-7-9-17)24-20(37-21)12-13-36-28(24)38-44(4,39)40/h5-14,16,23,27H,15H2,1-4H3,(H,36,38)/t16-,23-,27-,29+/m0/s1. The van der Waals surface area contributed by atoms with Crippen LogP contribution in [0.3, 0.4) is 0 Å². The van der Waals surface area contributed by atoms with Crippen molar-refractivity contribution in [2.24, 2.45) is 5.92 Å². The molecule has 0 amide bonds. The Labute approximate surface area is 250 Å². The van der Waals surface area contributed by atoms with E-state index in [9.17, 15) is 30.4 Å². The first kappa shape index (κ1) is 31.4. The fraction of sp³-hybridized carbons (Fsp3) is 0.333. The molecule has 4 aromatic rings. The van der Waals surface area contributed by atoms with Crippen molar-refractivity contribution in [2.75, 3.05) is 18.1 Å². The number of hydrogen-bond acceptors (Lipinski definition) is 7. The van der Waals surface area contributed by atoms with Crippen LogP contribution in [0.15, 0.2) is 60.8 Å². The highest BCUT2D eigenvalue weighted by Gasteiger charge is 2.65. The Morgan fingerprint density at radius 1 is 1.09 bits per heavy atom. The number of hydrogen-bond donors (Lipinski definition) is 1. The summed E-state index contributed by atoms with van der Waals surface area (Å²) in [6.45, 7) is 2.21. The molecule has 0 aliphatic carbocycles. The molecule has 1 fully saturated rings. The van der Waals surface area contributed by atoms with E-state index in [1.807, 2.05) is 6.07 Å². The van der Waals surface area contributed by atoms with E-state index in [2.05, 4.69) is 14.7 Å². The number of halogens is 5. The van der Waals surface area contributed by atoms with Crippen molar-refractivity contribution in [3.8, 4) is 11.5 Å². The summed E-state index contributed by atoms with van der Waals surface area (Å²) in [5.74, 6) is -5.71. The Kier molecular flexibility index (Phi) is 8.18. The smallest absolute Gasteiger partial charge is 0.417 e. The van der Waals surface area contributed by atoms with Gasteiger partial charge in [-0.25, -0.2) is 22.8 Å². The van der Waals surface area contributed by atoms with Crippen LogP contribution in [-0.2, 0) is 21.4 Å². The number of rotatable bonds is 8. The Hall–Kier alpha value is -4.04. The zero-order valence-electron chi connectivity index (χ0n) is 23.9. The lowest BCUT2D eigenvalue weighted by molar-refractivity contribution is -0.275. The summed E-state index contributed by atoms with van der Waals surface area (Å²) < 4.78 is 116. The van der Waals surface area contributed by atoms with Gasteiger partial charge < -0.3 is 14.2 Å². The van der Waals surface area contributed by atoms with Crippen LogP contribution in [0, 0.1) is 17.6 Å². The molecule has 8 nitrogen and oxygen atoms in total. The maximum Gasteiger partial charge on any atom is 0.417 e. The van der Waals surface area contributed by atoms with Gasteiger partial charge in [0, 0.05) is 29.7 Å². The number of pyridine rings is 2. The van der Waals surface area contributed by atoms with Crippen LogP contribution in [-0.4, -0.2) is 43.5 Å². The largest absolute Gasteiger partial charge is 0.493 e. The van der Waals surface area contributed by atoms with Gasteiger partial charge in [0.05, 0.1) is 30.0 Å². The van der Waals surface area contributed by atoms with Crippen molar-refractivity contribution in [3.63, 3.8) is 0 Å². The summed E-state index contributed by atoms with van der Waals surface area (Å²) in [5, 5.41) is 0.157. The van der Waals surface area contributed by atoms with Gasteiger partial charge in [0.2, 0.25) is 15.8 Å². The number of sulfonamides is 1. The molecule has 44 heavy (non-hydrogen) atoms. The third-order valence-corrected chi connectivity index (χ3v) is 8.39. The lowest BCUT2D eigenvalue weighted by Crippen LogP contribution is -2.46. The lowest BCUT2D eigenvalue weighted by Gasteiger charge is -2.32. The maximum atomic E-state index is 14.9. The van der Waals surface area contributed by atoms with Crippen LogP contribution in [0.1, 0.15) is 42.7 Å². The molecular weight excluding hydrogens is 609 g/mol. The van der Waals surface area contributed by atoms with Crippen molar-refractivity contribution < 1.29 is 44.6 Å². The molecule has 2 aromatic heterocycles. The van der Waals surface area contributed by atoms with Crippen LogP contribution >= 0.6 is 0 Å². The van der Waals surface area contributed by atoms with Crippen LogP contribution in [0.2, 0.25) is 0 Å². The van der Waals surface area contributed by atoms with Crippen molar-refractivity contribution in [3.05, 3.63) is 89.2 Å². The van der Waals surface area contributed by atoms with Gasteiger partial charge in [0.25, 0.3) is 0 Å². The van der Waals surface area contributed by atoms with Crippen LogP contribution in [0.4, 0.5) is 27.8 Å². The Morgan fingerprint density at radius 3 is 2.43 bits per heavy atom. The third kappa shape index (κ3) is 5.75. The third-order valence-electron chi connectivity index (χ3n) is 7.83. The van der Waals surface area contributed by atoms with Crippen molar-refractivity contribution >= 4 is 26.7 Å². The van der Waals surface area contributed by atoms with Gasteiger partial charge >= 0.3 is 6.18 Å². The van der Waals surface area contributed by atoms with Crippen LogP contribution in [0.5, 0.6) is 11.5 Å². The van der Waals surface area contributed by atoms with Crippen molar-refractivity contribution in [2.45, 2.75) is 44.3 Å². The first-order valence-corrected chi connectivity index (χ1v) is 15.2. The van der Waals surface area contributed by atoms with Crippen LogP contribution in [0.25, 0.3) is 10.9 Å². The Balaban J connectivity index is 1.73. The molecule has 4 atom stereocenters. The summed E-state index contributed by atoms with van der Waals surface area (Å²) >= 11 is 0. The van der Waals surface area contributed by atoms with E-state index in [4.69, 9.17) is 14.2 Å². The molecule has 1 aliphatic rings. The Bertz CT molecular complexity index is 1810. The summed E-state index contributed by atoms with van der Waals surface area (Å²) in [6.07, 6.45) is -4.09. The number of benzene rings is 2. The lowest BCUT2D eigenvalue weighted by atomic mass is 9.76. The summed E-state index contributed by atoms with van der Waals surface area (Å²) in [6, 6.07) is 13.7. The molecule has 14 heteroatoms. The van der Waals surface area contributed by atoms with Gasteiger partial charge in [0.1, 0.15) is 18.5 Å². The molecule has 5 rings (SSSR count). The van der Waals surface area contributed by atoms with E-state index in [0.717, 1.165) is 31.9 Å². The highest BCUT2D eigenvalue weighted by Crippen LogP contribution is 2.59. The van der Waals surface area contributed by atoms with E-state index < -0.39 is 57.1 Å². The van der Waals surface area contributed by atoms with Gasteiger partial charge in [-0.05, 0) is 24.6 Å². The second kappa shape index (κ2) is 11.5. The fourth-order valence-electron chi connectivity index (χ4n) is 5.48. The normalized spacial score (nSPS) is 22.2. The molecule has 1 aliphatic heterocycles. The minimum absolute atomic E-state index is 0.00915. The molecule has 0 bridgehead atoms. The number of nitrogens with one attached hydrogen (secondary N) is 1. The second-order valence-corrected chi connectivity index (χ2v) is 12.4. The van der Waals surface area contributed by atoms with Gasteiger partial charge in [-0.2, -0.15) is 17.6 Å². The number of nitrogens with zero attached hydrogens (tertiary/aromatic N) is 2. The minimum Gasteiger partial charge on any atom is -0.493 e. The zero-order valence-corrected chi connectivity index (χ0v) is 24.8. The molecular formula is C30H28F5N3O5S. The summed E-state index contributed by atoms with van der Waals surface area (Å²) in [5.41, 5.74) is -1.89. The SMILES string of the molecule is COc1c([C@H]2[C@H](c3cc(OCc4ccccc4)c4c(NS(C)(=O)=O)nccc4n3)O[C@@](C)(C(F)(F)F)[C@H]2C)ccc(F)c1F. The average Bonchev–Trinajstić information content (AvgIpc) is 3.24. The number of anilines is 1. The quantitative estimate of drug-likeness (QED) is 0.215. The van der Waals surface area contributed by atoms with Crippen LogP contribution < -0.4 is 14.2 Å². The average molecular weight is 638 g/mol. The van der Waals surface area contributed by atoms with Crippen molar-refractivity contribution in [1.29, 1.82) is 0 Å². The first-order valence-electron chi connectivity index (χ1n) is 13.3. The number of methoxy groups -OCH3 is 1. The molecule has 234 valence electrons. The minimum atomic E-state index is -4.86. The first-order chi connectivity index (χ1) is 20.6. The summed E-state index contributed by atoms with van der Waals surface area (Å²) in [7, 11) is -2.71. The highest BCUT2D eigenvalue weighted by atomic mass is 32.2. The highest BCUT2D eigenvalue weighted by molar-refractivity contribution is 7.92. The molecule has 0 saturated carbocycles. The van der Waals surface area contributed by atoms with E-state index in [1.54, 1.807) is 24.3 Å². The predicted octanol–water partition coefficient (Wildman–Crippen LogP) is 6.68.